The van der Waals surface area contributed by atoms with Crippen molar-refractivity contribution in [3.63, 3.8) is 0 Å². The summed E-state index contributed by atoms with van der Waals surface area (Å²) in [5.41, 5.74) is 3.38. The first-order valence-electron chi connectivity index (χ1n) is 9.56. The van der Waals surface area contributed by atoms with E-state index in [0.29, 0.717) is 18.3 Å². The van der Waals surface area contributed by atoms with Crippen LogP contribution in [0.5, 0.6) is 0 Å². The average Bonchev–Trinajstić information content (AvgIpc) is 3.30. The van der Waals surface area contributed by atoms with Gasteiger partial charge in [-0.25, -0.2) is 0 Å². The highest BCUT2D eigenvalue weighted by Crippen LogP contribution is 2.35. The minimum Gasteiger partial charge on any atom is -0.419 e. The summed E-state index contributed by atoms with van der Waals surface area (Å²) in [7, 11) is 1.86. The smallest absolute Gasteiger partial charge is 0.257 e. The number of amides is 1. The van der Waals surface area contributed by atoms with Gasteiger partial charge >= 0.3 is 0 Å². The maximum absolute atomic E-state index is 12.2. The molecule has 0 fully saturated rings. The van der Waals surface area contributed by atoms with E-state index in [0.717, 1.165) is 29.0 Å². The number of likely N-dealkylation sites (N-methyl/N-ethyl adjacent to an activating group) is 1. The van der Waals surface area contributed by atoms with Crippen LogP contribution in [0, 0.1) is 6.92 Å². The Morgan fingerprint density at radius 2 is 2.00 bits per heavy atom. The number of carbonyl (C=O) groups excluding carboxylic acids is 1. The number of anilines is 1. The van der Waals surface area contributed by atoms with Gasteiger partial charge in [0.05, 0.1) is 18.0 Å². The molecule has 146 valence electrons. The minimum absolute atomic E-state index is 0.0722. The van der Waals surface area contributed by atoms with Crippen LogP contribution in [0.2, 0.25) is 0 Å². The van der Waals surface area contributed by atoms with Crippen molar-refractivity contribution >= 4 is 22.9 Å². The van der Waals surface area contributed by atoms with E-state index in [9.17, 15) is 4.79 Å². The third-order valence-corrected chi connectivity index (χ3v) is 6.05. The number of fused-ring (bicyclic) bond motifs is 1. The molecule has 0 atom stereocenters. The van der Waals surface area contributed by atoms with Crippen molar-refractivity contribution in [1.29, 1.82) is 0 Å². The molecule has 1 aliphatic carbocycles. The molecule has 4 rings (SSSR count). The van der Waals surface area contributed by atoms with Gasteiger partial charge in [-0.2, -0.15) is 0 Å². The van der Waals surface area contributed by atoms with Crippen molar-refractivity contribution in [1.82, 2.24) is 15.1 Å². The first-order valence-corrected chi connectivity index (χ1v) is 10.4. The molecule has 0 saturated carbocycles. The lowest BCUT2D eigenvalue weighted by atomic mass is 9.99. The average molecular weight is 397 g/mol. The molecule has 6 nitrogen and oxygen atoms in total. The number of nitrogens with one attached hydrogen (secondary N) is 1. The summed E-state index contributed by atoms with van der Waals surface area (Å²) in [5, 5.41) is 11.3. The van der Waals surface area contributed by atoms with E-state index in [1.165, 1.54) is 23.3 Å². The highest BCUT2D eigenvalue weighted by atomic mass is 32.1. The second-order valence-corrected chi connectivity index (χ2v) is 8.49. The van der Waals surface area contributed by atoms with Crippen LogP contribution in [-0.4, -0.2) is 34.6 Å². The molecule has 1 amide bonds. The molecule has 1 aromatic carbocycles. The third-order valence-electron chi connectivity index (χ3n) is 4.83. The van der Waals surface area contributed by atoms with Crippen LogP contribution in [0.4, 0.5) is 5.69 Å². The molecule has 0 saturated heterocycles. The van der Waals surface area contributed by atoms with Gasteiger partial charge in [0.1, 0.15) is 0 Å². The molecule has 0 bridgehead atoms. The van der Waals surface area contributed by atoms with Crippen LogP contribution in [0.1, 0.15) is 34.7 Å². The Hall–Kier alpha value is -2.51. The molecule has 2 heterocycles. The topological polar surface area (TPSA) is 71.3 Å². The fourth-order valence-electron chi connectivity index (χ4n) is 3.38. The number of hydrogen-bond donors (Lipinski definition) is 1. The standard InChI is InChI=1S/C21H24N4O2S/c1-14-7-9-16(10-8-14)22-19(26)12-25(2)13-20-23-24-21(27-20)18-11-15-5-3-4-6-17(15)28-18/h7-11H,3-6,12-13H2,1-2H3,(H,22,26). The Morgan fingerprint density at radius 1 is 1.21 bits per heavy atom. The van der Waals surface area contributed by atoms with Gasteiger partial charge in [-0.1, -0.05) is 17.7 Å². The molecule has 28 heavy (non-hydrogen) atoms. The molecule has 3 aromatic rings. The van der Waals surface area contributed by atoms with E-state index in [4.69, 9.17) is 4.42 Å². The number of aryl methyl sites for hydroxylation is 3. The fraction of sp³-hybridized carbons (Fsp3) is 0.381. The predicted molar refractivity (Wildman–Crippen MR) is 110 cm³/mol. The molecule has 7 heteroatoms. The lowest BCUT2D eigenvalue weighted by Crippen LogP contribution is -2.29. The number of carbonyl (C=O) groups is 1. The summed E-state index contributed by atoms with van der Waals surface area (Å²) in [6.07, 6.45) is 4.82. The van der Waals surface area contributed by atoms with Gasteiger partial charge in [0.25, 0.3) is 5.89 Å². The van der Waals surface area contributed by atoms with Crippen molar-refractivity contribution in [2.45, 2.75) is 39.2 Å². The SMILES string of the molecule is Cc1ccc(NC(=O)CN(C)Cc2nnc(-c3cc4c(s3)CCCC4)o2)cc1. The second kappa shape index (κ2) is 8.24. The van der Waals surface area contributed by atoms with E-state index in [1.54, 1.807) is 11.3 Å². The number of hydrogen-bond acceptors (Lipinski definition) is 6. The molecular weight excluding hydrogens is 372 g/mol. The number of thiophene rings is 1. The third kappa shape index (κ3) is 4.48. The van der Waals surface area contributed by atoms with Crippen LogP contribution in [0.25, 0.3) is 10.8 Å². The van der Waals surface area contributed by atoms with Gasteiger partial charge in [-0.3, -0.25) is 9.69 Å². The monoisotopic (exact) mass is 396 g/mol. The first-order chi connectivity index (χ1) is 13.6. The summed E-state index contributed by atoms with van der Waals surface area (Å²) >= 11 is 1.76. The molecule has 1 aliphatic rings. The summed E-state index contributed by atoms with van der Waals surface area (Å²) in [5.74, 6) is 1.02. The number of benzene rings is 1. The lowest BCUT2D eigenvalue weighted by Gasteiger charge is -2.14. The van der Waals surface area contributed by atoms with Crippen LogP contribution in [-0.2, 0) is 24.2 Å². The summed E-state index contributed by atoms with van der Waals surface area (Å²) in [6, 6.07) is 9.94. The second-order valence-electron chi connectivity index (χ2n) is 7.35. The largest absolute Gasteiger partial charge is 0.419 e. The molecule has 0 aliphatic heterocycles. The Kier molecular flexibility index (Phi) is 5.54. The Bertz CT molecular complexity index is 938. The Labute approximate surface area is 168 Å². The number of rotatable bonds is 6. The van der Waals surface area contributed by atoms with Crippen LogP contribution in [0.3, 0.4) is 0 Å². The normalized spacial score (nSPS) is 13.5. The fourth-order valence-corrected chi connectivity index (χ4v) is 4.56. The zero-order chi connectivity index (χ0) is 19.5. The maximum atomic E-state index is 12.2. The number of aromatic nitrogens is 2. The van der Waals surface area contributed by atoms with Gasteiger partial charge in [-0.05, 0) is 63.4 Å². The van der Waals surface area contributed by atoms with Gasteiger partial charge in [-0.15, -0.1) is 21.5 Å². The van der Waals surface area contributed by atoms with Crippen molar-refractivity contribution in [2.24, 2.45) is 0 Å². The molecule has 0 radical (unpaired) electrons. The molecule has 2 aromatic heterocycles. The lowest BCUT2D eigenvalue weighted by molar-refractivity contribution is -0.117. The summed E-state index contributed by atoms with van der Waals surface area (Å²) < 4.78 is 5.85. The maximum Gasteiger partial charge on any atom is 0.257 e. The van der Waals surface area contributed by atoms with Crippen LogP contribution in [0.15, 0.2) is 34.7 Å². The summed E-state index contributed by atoms with van der Waals surface area (Å²) in [4.78, 5) is 16.6. The van der Waals surface area contributed by atoms with Crippen molar-refractivity contribution in [3.05, 3.63) is 52.2 Å². The van der Waals surface area contributed by atoms with Crippen LogP contribution >= 0.6 is 11.3 Å². The van der Waals surface area contributed by atoms with E-state index in [-0.39, 0.29) is 12.5 Å². The van der Waals surface area contributed by atoms with E-state index in [1.807, 2.05) is 43.1 Å². The highest BCUT2D eigenvalue weighted by molar-refractivity contribution is 7.15. The van der Waals surface area contributed by atoms with Crippen molar-refractivity contribution in [2.75, 3.05) is 18.9 Å². The van der Waals surface area contributed by atoms with Crippen molar-refractivity contribution < 1.29 is 9.21 Å². The zero-order valence-corrected chi connectivity index (χ0v) is 17.0. The quantitative estimate of drug-likeness (QED) is 0.680. The number of nitrogens with zero attached hydrogens (tertiary/aromatic N) is 3. The Morgan fingerprint density at radius 3 is 2.79 bits per heavy atom. The molecule has 0 unspecified atom stereocenters. The Balaban J connectivity index is 1.33. The molecule has 1 N–H and O–H groups in total. The molecular formula is C21H24N4O2S. The van der Waals surface area contributed by atoms with Gasteiger partial charge < -0.3 is 9.73 Å². The van der Waals surface area contributed by atoms with Gasteiger partial charge in [0.15, 0.2) is 0 Å². The predicted octanol–water partition coefficient (Wildman–Crippen LogP) is 4.06. The highest BCUT2D eigenvalue weighted by Gasteiger charge is 2.18. The van der Waals surface area contributed by atoms with Crippen molar-refractivity contribution in [3.8, 4) is 10.8 Å². The van der Waals surface area contributed by atoms with Gasteiger partial charge in [0.2, 0.25) is 11.8 Å². The van der Waals surface area contributed by atoms with Gasteiger partial charge in [0, 0.05) is 10.6 Å². The van der Waals surface area contributed by atoms with E-state index in [2.05, 4.69) is 21.6 Å². The zero-order valence-electron chi connectivity index (χ0n) is 16.2. The van der Waals surface area contributed by atoms with E-state index >= 15 is 0 Å². The van der Waals surface area contributed by atoms with E-state index < -0.39 is 0 Å². The van der Waals surface area contributed by atoms with Crippen LogP contribution < -0.4 is 5.32 Å². The first kappa shape index (κ1) is 18.8. The summed E-state index contributed by atoms with van der Waals surface area (Å²) in [6.45, 7) is 2.70. The minimum atomic E-state index is -0.0722. The molecule has 0 spiro atoms.